The summed E-state index contributed by atoms with van der Waals surface area (Å²) in [7, 11) is 0. The third-order valence-electron chi connectivity index (χ3n) is 3.16. The molecular weight excluding hydrogens is 269 g/mol. The van der Waals surface area contributed by atoms with Crippen LogP contribution in [0.3, 0.4) is 0 Å². The summed E-state index contributed by atoms with van der Waals surface area (Å²) in [6.45, 7) is 2.96. The zero-order valence-corrected chi connectivity index (χ0v) is 11.0. The second kappa shape index (κ2) is 5.27. The Morgan fingerprint density at radius 3 is 3.00 bits per heavy atom. The van der Waals surface area contributed by atoms with Gasteiger partial charge in [0.1, 0.15) is 17.7 Å². The standard InChI is InChI=1S/C13H13ClFN3O/c14-9-6-10-12(11(15)7-9)16-8-17-13(10)18-2-1-4-19-5-3-18/h6-8H,1-5H2. The molecule has 0 amide bonds. The quantitative estimate of drug-likeness (QED) is 0.805. The Hall–Kier alpha value is -1.46. The van der Waals surface area contributed by atoms with Crippen molar-refractivity contribution in [2.45, 2.75) is 6.42 Å². The maximum absolute atomic E-state index is 13.9. The number of fused-ring (bicyclic) bond motifs is 1. The predicted octanol–water partition coefficient (Wildman–Crippen LogP) is 2.65. The minimum Gasteiger partial charge on any atom is -0.380 e. The third-order valence-corrected chi connectivity index (χ3v) is 3.38. The average molecular weight is 282 g/mol. The van der Waals surface area contributed by atoms with Crippen LogP contribution in [0.2, 0.25) is 5.02 Å². The van der Waals surface area contributed by atoms with Crippen molar-refractivity contribution >= 4 is 28.3 Å². The summed E-state index contributed by atoms with van der Waals surface area (Å²) in [4.78, 5) is 10.4. The number of rotatable bonds is 1. The molecule has 2 aromatic rings. The molecule has 1 saturated heterocycles. The monoisotopic (exact) mass is 281 g/mol. The highest BCUT2D eigenvalue weighted by molar-refractivity contribution is 6.31. The van der Waals surface area contributed by atoms with E-state index in [0.29, 0.717) is 22.5 Å². The first-order valence-corrected chi connectivity index (χ1v) is 6.56. The maximum atomic E-state index is 13.9. The molecule has 1 aliphatic rings. The minimum atomic E-state index is -0.419. The summed E-state index contributed by atoms with van der Waals surface area (Å²) in [6.07, 6.45) is 2.31. The zero-order valence-electron chi connectivity index (χ0n) is 10.3. The van der Waals surface area contributed by atoms with Crippen molar-refractivity contribution in [2.24, 2.45) is 0 Å². The molecule has 100 valence electrons. The van der Waals surface area contributed by atoms with Gasteiger partial charge >= 0.3 is 0 Å². The topological polar surface area (TPSA) is 38.2 Å². The maximum Gasteiger partial charge on any atom is 0.151 e. The Morgan fingerprint density at radius 2 is 2.11 bits per heavy atom. The van der Waals surface area contributed by atoms with Gasteiger partial charge in [0, 0.05) is 30.1 Å². The van der Waals surface area contributed by atoms with E-state index in [1.165, 1.54) is 12.4 Å². The molecule has 2 heterocycles. The molecule has 0 bridgehead atoms. The number of aromatic nitrogens is 2. The molecule has 1 aromatic heterocycles. The van der Waals surface area contributed by atoms with Gasteiger partial charge in [0.25, 0.3) is 0 Å². The van der Waals surface area contributed by atoms with Crippen molar-refractivity contribution in [3.63, 3.8) is 0 Å². The molecule has 6 heteroatoms. The first-order chi connectivity index (χ1) is 9.25. The van der Waals surface area contributed by atoms with E-state index in [9.17, 15) is 4.39 Å². The summed E-state index contributed by atoms with van der Waals surface area (Å²) in [5.74, 6) is 0.300. The fourth-order valence-electron chi connectivity index (χ4n) is 2.29. The van der Waals surface area contributed by atoms with Crippen LogP contribution in [0.1, 0.15) is 6.42 Å². The van der Waals surface area contributed by atoms with Crippen LogP contribution in [0.15, 0.2) is 18.5 Å². The summed E-state index contributed by atoms with van der Waals surface area (Å²) >= 11 is 5.93. The highest BCUT2D eigenvalue weighted by Gasteiger charge is 2.16. The van der Waals surface area contributed by atoms with Crippen molar-refractivity contribution in [2.75, 3.05) is 31.2 Å². The van der Waals surface area contributed by atoms with E-state index in [1.54, 1.807) is 6.07 Å². The molecule has 0 atom stereocenters. The molecular formula is C13H13ClFN3O. The fraction of sp³-hybridized carbons (Fsp3) is 0.385. The minimum absolute atomic E-state index is 0.305. The number of ether oxygens (including phenoxy) is 1. The predicted molar refractivity (Wildman–Crippen MR) is 72.2 cm³/mol. The summed E-state index contributed by atoms with van der Waals surface area (Å²) in [5, 5.41) is 1.00. The largest absolute Gasteiger partial charge is 0.380 e. The fourth-order valence-corrected chi connectivity index (χ4v) is 2.49. The van der Waals surface area contributed by atoms with Crippen molar-refractivity contribution in [1.82, 2.24) is 9.97 Å². The van der Waals surface area contributed by atoms with Crippen LogP contribution in [0, 0.1) is 5.82 Å². The van der Waals surface area contributed by atoms with E-state index >= 15 is 0 Å². The van der Waals surface area contributed by atoms with Crippen LogP contribution < -0.4 is 4.90 Å². The molecule has 0 saturated carbocycles. The van der Waals surface area contributed by atoms with Gasteiger partial charge < -0.3 is 9.64 Å². The number of anilines is 1. The molecule has 0 radical (unpaired) electrons. The Kier molecular flexibility index (Phi) is 3.48. The van der Waals surface area contributed by atoms with E-state index < -0.39 is 5.82 Å². The number of halogens is 2. The second-order valence-corrected chi connectivity index (χ2v) is 4.87. The van der Waals surface area contributed by atoms with Crippen LogP contribution in [-0.4, -0.2) is 36.3 Å². The van der Waals surface area contributed by atoms with Crippen molar-refractivity contribution in [3.05, 3.63) is 29.3 Å². The van der Waals surface area contributed by atoms with Crippen molar-refractivity contribution in [1.29, 1.82) is 0 Å². The Balaban J connectivity index is 2.12. The Bertz CT molecular complexity index is 600. The van der Waals surface area contributed by atoms with E-state index in [0.717, 1.165) is 31.9 Å². The molecule has 1 aliphatic heterocycles. The van der Waals surface area contributed by atoms with Crippen LogP contribution in [0.5, 0.6) is 0 Å². The van der Waals surface area contributed by atoms with Crippen molar-refractivity contribution in [3.8, 4) is 0 Å². The number of hydrogen-bond donors (Lipinski definition) is 0. The van der Waals surface area contributed by atoms with Gasteiger partial charge in [-0.15, -0.1) is 0 Å². The summed E-state index contributed by atoms with van der Waals surface area (Å²) in [5.41, 5.74) is 0.305. The van der Waals surface area contributed by atoms with Gasteiger partial charge in [-0.2, -0.15) is 0 Å². The van der Waals surface area contributed by atoms with Crippen LogP contribution in [0.4, 0.5) is 10.2 Å². The van der Waals surface area contributed by atoms with Gasteiger partial charge in [0.05, 0.1) is 6.61 Å². The molecule has 0 aliphatic carbocycles. The van der Waals surface area contributed by atoms with Crippen molar-refractivity contribution < 1.29 is 9.13 Å². The highest BCUT2D eigenvalue weighted by atomic mass is 35.5. The van der Waals surface area contributed by atoms with E-state index in [2.05, 4.69) is 14.9 Å². The molecule has 3 rings (SSSR count). The molecule has 19 heavy (non-hydrogen) atoms. The smallest absolute Gasteiger partial charge is 0.151 e. The lowest BCUT2D eigenvalue weighted by Gasteiger charge is -2.22. The van der Waals surface area contributed by atoms with Gasteiger partial charge in [-0.25, -0.2) is 14.4 Å². The number of nitrogens with zero attached hydrogens (tertiary/aromatic N) is 3. The molecule has 1 fully saturated rings. The highest BCUT2D eigenvalue weighted by Crippen LogP contribution is 2.28. The molecule has 4 nitrogen and oxygen atoms in total. The summed E-state index contributed by atoms with van der Waals surface area (Å²) in [6, 6.07) is 2.98. The van der Waals surface area contributed by atoms with Gasteiger partial charge in [-0.1, -0.05) is 11.6 Å². The average Bonchev–Trinajstić information content (AvgIpc) is 2.67. The molecule has 0 N–H and O–H groups in total. The van der Waals surface area contributed by atoms with Gasteiger partial charge in [-0.3, -0.25) is 0 Å². The van der Waals surface area contributed by atoms with Gasteiger partial charge in [0.2, 0.25) is 0 Å². The second-order valence-electron chi connectivity index (χ2n) is 4.43. The first-order valence-electron chi connectivity index (χ1n) is 6.18. The van der Waals surface area contributed by atoms with E-state index in [4.69, 9.17) is 16.3 Å². The van der Waals surface area contributed by atoms with E-state index in [-0.39, 0.29) is 0 Å². The third kappa shape index (κ3) is 2.48. The van der Waals surface area contributed by atoms with Crippen LogP contribution in [0.25, 0.3) is 10.9 Å². The van der Waals surface area contributed by atoms with Gasteiger partial charge in [-0.05, 0) is 18.6 Å². The van der Waals surface area contributed by atoms with Crippen LogP contribution >= 0.6 is 11.6 Å². The first kappa shape index (κ1) is 12.6. The number of benzene rings is 1. The SMILES string of the molecule is Fc1cc(Cl)cc2c(N3CCCOCC3)ncnc12. The molecule has 1 aromatic carbocycles. The van der Waals surface area contributed by atoms with E-state index in [1.807, 2.05) is 0 Å². The lowest BCUT2D eigenvalue weighted by Crippen LogP contribution is -2.27. The summed E-state index contributed by atoms with van der Waals surface area (Å²) < 4.78 is 19.3. The number of hydrogen-bond acceptors (Lipinski definition) is 4. The zero-order chi connectivity index (χ0) is 13.2. The lowest BCUT2D eigenvalue weighted by molar-refractivity contribution is 0.152. The Labute approximate surface area is 115 Å². The normalized spacial score (nSPS) is 16.6. The van der Waals surface area contributed by atoms with Crippen LogP contribution in [-0.2, 0) is 4.74 Å². The Morgan fingerprint density at radius 1 is 1.21 bits per heavy atom. The van der Waals surface area contributed by atoms with Gasteiger partial charge in [0.15, 0.2) is 5.82 Å². The molecule has 0 spiro atoms. The lowest BCUT2D eigenvalue weighted by atomic mass is 10.2. The molecule has 0 unspecified atom stereocenters.